The molecule has 0 radical (unpaired) electrons. The molecule has 0 N–H and O–H groups in total. The Labute approximate surface area is 152 Å². The topological polar surface area (TPSA) is 49.7 Å². The van der Waals surface area contributed by atoms with Gasteiger partial charge in [0.2, 0.25) is 0 Å². The van der Waals surface area contributed by atoms with Crippen LogP contribution in [0.1, 0.15) is 11.1 Å². The minimum absolute atomic E-state index is 0.0778. The number of aryl methyl sites for hydroxylation is 1. The zero-order chi connectivity index (χ0) is 17.4. The lowest BCUT2D eigenvalue weighted by molar-refractivity contribution is 0.601. The molecule has 2 aromatic rings. The third-order valence-corrected chi connectivity index (χ3v) is 7.37. The number of sulfone groups is 1. The van der Waals surface area contributed by atoms with E-state index in [4.69, 9.17) is 4.99 Å². The molecule has 4 rings (SSSR count). The summed E-state index contributed by atoms with van der Waals surface area (Å²) in [5.41, 5.74) is 3.45. The van der Waals surface area contributed by atoms with Crippen molar-refractivity contribution in [2.45, 2.75) is 24.8 Å². The lowest BCUT2D eigenvalue weighted by Crippen LogP contribution is -2.39. The molecule has 0 saturated carbocycles. The van der Waals surface area contributed by atoms with Crippen molar-refractivity contribution in [2.75, 3.05) is 16.4 Å². The quantitative estimate of drug-likeness (QED) is 0.830. The van der Waals surface area contributed by atoms with Gasteiger partial charge in [-0.3, -0.25) is 4.99 Å². The summed E-state index contributed by atoms with van der Waals surface area (Å²) in [6.45, 7) is 2.05. The number of rotatable bonds is 3. The van der Waals surface area contributed by atoms with Crippen molar-refractivity contribution in [1.29, 1.82) is 0 Å². The SMILES string of the molecule is Cc1ccc(N2C(SCc3ccccc3)=N[C@H]3CS(=O)(=O)C[C@H]32)cc1. The predicted molar refractivity (Wildman–Crippen MR) is 105 cm³/mol. The molecule has 130 valence electrons. The Balaban J connectivity index is 1.62. The lowest BCUT2D eigenvalue weighted by Gasteiger charge is -2.26. The number of hydrogen-bond acceptors (Lipinski definition) is 5. The van der Waals surface area contributed by atoms with Crippen molar-refractivity contribution in [3.8, 4) is 0 Å². The standard InChI is InChI=1S/C19H20N2O2S2/c1-14-7-9-16(10-8-14)21-18-13-25(22,23)12-17(18)20-19(21)24-11-15-5-3-2-4-6-15/h2-10,17-18H,11-13H2,1H3/t17-,18+/m0/s1. The molecule has 0 unspecified atom stereocenters. The highest BCUT2D eigenvalue weighted by Gasteiger charge is 2.47. The summed E-state index contributed by atoms with van der Waals surface area (Å²) in [7, 11) is -3.00. The van der Waals surface area contributed by atoms with Crippen LogP contribution in [0.15, 0.2) is 59.6 Å². The molecule has 0 amide bonds. The van der Waals surface area contributed by atoms with Crippen molar-refractivity contribution in [2.24, 2.45) is 4.99 Å². The van der Waals surface area contributed by atoms with Crippen molar-refractivity contribution in [3.63, 3.8) is 0 Å². The molecule has 2 atom stereocenters. The minimum atomic E-state index is -3.00. The van der Waals surface area contributed by atoms with Gasteiger partial charge < -0.3 is 4.90 Å². The Morgan fingerprint density at radius 2 is 1.80 bits per heavy atom. The van der Waals surface area contributed by atoms with E-state index in [9.17, 15) is 8.42 Å². The molecular formula is C19H20N2O2S2. The summed E-state index contributed by atoms with van der Waals surface area (Å²) in [6, 6.07) is 18.3. The summed E-state index contributed by atoms with van der Waals surface area (Å²) in [4.78, 5) is 6.89. The average molecular weight is 373 g/mol. The van der Waals surface area contributed by atoms with Gasteiger partial charge in [0, 0.05) is 11.4 Å². The lowest BCUT2D eigenvalue weighted by atomic mass is 10.1. The van der Waals surface area contributed by atoms with E-state index in [1.54, 1.807) is 11.8 Å². The van der Waals surface area contributed by atoms with Gasteiger partial charge >= 0.3 is 0 Å². The van der Waals surface area contributed by atoms with Gasteiger partial charge in [-0.1, -0.05) is 59.8 Å². The normalized spacial score (nSPS) is 24.2. The number of hydrogen-bond donors (Lipinski definition) is 0. The van der Waals surface area contributed by atoms with Crippen LogP contribution in [0, 0.1) is 6.92 Å². The van der Waals surface area contributed by atoms with Gasteiger partial charge in [-0.05, 0) is 24.6 Å². The number of amidine groups is 1. The van der Waals surface area contributed by atoms with Crippen molar-refractivity contribution in [3.05, 3.63) is 65.7 Å². The van der Waals surface area contributed by atoms with E-state index in [2.05, 4.69) is 48.2 Å². The first-order chi connectivity index (χ1) is 12.0. The summed E-state index contributed by atoms with van der Waals surface area (Å²) >= 11 is 1.68. The van der Waals surface area contributed by atoms with Crippen LogP contribution in [0.3, 0.4) is 0 Å². The van der Waals surface area contributed by atoms with Crippen LogP contribution < -0.4 is 4.90 Å². The molecule has 1 fully saturated rings. The molecule has 0 aliphatic carbocycles. The molecule has 2 aliphatic rings. The second-order valence-corrected chi connectivity index (χ2v) is 9.70. The van der Waals surface area contributed by atoms with Gasteiger partial charge in [0.15, 0.2) is 15.0 Å². The molecule has 0 spiro atoms. The Hall–Kier alpha value is -1.79. The fraction of sp³-hybridized carbons (Fsp3) is 0.316. The zero-order valence-electron chi connectivity index (χ0n) is 14.0. The zero-order valence-corrected chi connectivity index (χ0v) is 15.6. The fourth-order valence-corrected chi connectivity index (χ4v) is 6.29. The summed E-state index contributed by atoms with van der Waals surface area (Å²) in [6.07, 6.45) is 0. The number of benzene rings is 2. The van der Waals surface area contributed by atoms with Gasteiger partial charge in [0.1, 0.15) is 0 Å². The summed E-state index contributed by atoms with van der Waals surface area (Å²) < 4.78 is 24.1. The molecule has 2 aromatic carbocycles. The van der Waals surface area contributed by atoms with Crippen molar-refractivity contribution in [1.82, 2.24) is 0 Å². The van der Waals surface area contributed by atoms with Gasteiger partial charge in [0.05, 0.1) is 23.6 Å². The van der Waals surface area contributed by atoms with Crippen molar-refractivity contribution < 1.29 is 8.42 Å². The van der Waals surface area contributed by atoms with Gasteiger partial charge in [-0.15, -0.1) is 0 Å². The van der Waals surface area contributed by atoms with Crippen LogP contribution in [0.4, 0.5) is 5.69 Å². The van der Waals surface area contributed by atoms with Crippen LogP contribution in [0.5, 0.6) is 0 Å². The smallest absolute Gasteiger partial charge is 0.164 e. The molecule has 0 bridgehead atoms. The van der Waals surface area contributed by atoms with Crippen LogP contribution in [-0.4, -0.2) is 37.2 Å². The number of fused-ring (bicyclic) bond motifs is 1. The second kappa shape index (κ2) is 6.50. The highest BCUT2D eigenvalue weighted by molar-refractivity contribution is 8.13. The number of anilines is 1. The Morgan fingerprint density at radius 1 is 1.08 bits per heavy atom. The third kappa shape index (κ3) is 3.46. The summed E-state index contributed by atoms with van der Waals surface area (Å²) in [5.74, 6) is 1.17. The highest BCUT2D eigenvalue weighted by atomic mass is 32.2. The van der Waals surface area contributed by atoms with Gasteiger partial charge in [-0.2, -0.15) is 0 Å². The second-order valence-electron chi connectivity index (χ2n) is 6.60. The number of nitrogens with zero attached hydrogens (tertiary/aromatic N) is 2. The first-order valence-corrected chi connectivity index (χ1v) is 11.1. The Kier molecular flexibility index (Phi) is 4.33. The van der Waals surface area contributed by atoms with E-state index in [1.165, 1.54) is 11.1 Å². The third-order valence-electron chi connectivity index (χ3n) is 4.63. The van der Waals surface area contributed by atoms with Crippen LogP contribution in [-0.2, 0) is 15.6 Å². The van der Waals surface area contributed by atoms with E-state index in [0.29, 0.717) is 0 Å². The Bertz CT molecular complexity index is 893. The average Bonchev–Trinajstić information content (AvgIpc) is 3.06. The van der Waals surface area contributed by atoms with Crippen LogP contribution in [0.2, 0.25) is 0 Å². The molecule has 2 aliphatic heterocycles. The molecular weight excluding hydrogens is 352 g/mol. The maximum Gasteiger partial charge on any atom is 0.164 e. The molecule has 6 heteroatoms. The predicted octanol–water partition coefficient (Wildman–Crippen LogP) is 3.27. The van der Waals surface area contributed by atoms with Crippen LogP contribution in [0.25, 0.3) is 0 Å². The largest absolute Gasteiger partial charge is 0.315 e. The number of thioether (sulfide) groups is 1. The molecule has 4 nitrogen and oxygen atoms in total. The monoisotopic (exact) mass is 372 g/mol. The van der Waals surface area contributed by atoms with Crippen LogP contribution >= 0.6 is 11.8 Å². The Morgan fingerprint density at radius 3 is 2.52 bits per heavy atom. The fourth-order valence-electron chi connectivity index (χ4n) is 3.36. The molecule has 0 aromatic heterocycles. The van der Waals surface area contributed by atoms with E-state index in [1.807, 2.05) is 18.2 Å². The van der Waals surface area contributed by atoms with Gasteiger partial charge in [0.25, 0.3) is 0 Å². The minimum Gasteiger partial charge on any atom is -0.315 e. The maximum atomic E-state index is 12.1. The van der Waals surface area contributed by atoms with E-state index >= 15 is 0 Å². The maximum absolute atomic E-state index is 12.1. The first kappa shape index (κ1) is 16.7. The molecule has 1 saturated heterocycles. The number of aliphatic imine (C=N–C) groups is 1. The molecule has 2 heterocycles. The van der Waals surface area contributed by atoms with E-state index < -0.39 is 9.84 Å². The molecule has 25 heavy (non-hydrogen) atoms. The van der Waals surface area contributed by atoms with E-state index in [0.717, 1.165) is 16.6 Å². The summed E-state index contributed by atoms with van der Waals surface area (Å²) in [5, 5.41) is 0.928. The van der Waals surface area contributed by atoms with Gasteiger partial charge in [-0.25, -0.2) is 8.42 Å². The first-order valence-electron chi connectivity index (χ1n) is 8.33. The van der Waals surface area contributed by atoms with E-state index in [-0.39, 0.29) is 23.6 Å². The highest BCUT2D eigenvalue weighted by Crippen LogP contribution is 2.35. The van der Waals surface area contributed by atoms with Crippen molar-refractivity contribution >= 4 is 32.5 Å².